The van der Waals surface area contributed by atoms with Crippen LogP contribution in [-0.4, -0.2) is 0 Å². The first kappa shape index (κ1) is 34.3. The zero-order valence-electron chi connectivity index (χ0n) is 30.0. The SMILES string of the molecule is FC(F)(F)c1ccc(-c2ccc(C(Cc3cccc4c3-c3ccccc3C4(c3ccccc3)c3ccccc3)c3cccc(-c4ccccc4)c3)cc2)cc1. The second-order valence-electron chi connectivity index (χ2n) is 14.3. The van der Waals surface area contributed by atoms with Crippen molar-refractivity contribution < 1.29 is 13.2 Å². The maximum Gasteiger partial charge on any atom is 0.416 e. The van der Waals surface area contributed by atoms with Crippen LogP contribution < -0.4 is 0 Å². The van der Waals surface area contributed by atoms with Crippen molar-refractivity contribution in [2.24, 2.45) is 0 Å². The molecule has 0 spiro atoms. The molecule has 1 atom stereocenters. The van der Waals surface area contributed by atoms with Crippen LogP contribution in [-0.2, 0) is 18.0 Å². The van der Waals surface area contributed by atoms with Crippen LogP contribution in [0.25, 0.3) is 33.4 Å². The van der Waals surface area contributed by atoms with Gasteiger partial charge in [0.15, 0.2) is 0 Å². The van der Waals surface area contributed by atoms with Gasteiger partial charge in [-0.2, -0.15) is 13.2 Å². The molecule has 55 heavy (non-hydrogen) atoms. The summed E-state index contributed by atoms with van der Waals surface area (Å²) in [6, 6.07) is 70.4. The van der Waals surface area contributed by atoms with Crippen molar-refractivity contribution in [3.63, 3.8) is 0 Å². The van der Waals surface area contributed by atoms with Gasteiger partial charge in [0.05, 0.1) is 11.0 Å². The maximum absolute atomic E-state index is 13.3. The number of halogens is 3. The van der Waals surface area contributed by atoms with Gasteiger partial charge in [0, 0.05) is 5.92 Å². The van der Waals surface area contributed by atoms with Crippen LogP contribution >= 0.6 is 0 Å². The molecule has 266 valence electrons. The molecule has 9 rings (SSSR count). The summed E-state index contributed by atoms with van der Waals surface area (Å²) in [5.74, 6) is -0.00701. The third-order valence-electron chi connectivity index (χ3n) is 11.2. The summed E-state index contributed by atoms with van der Waals surface area (Å²) < 4.78 is 40.0. The van der Waals surface area contributed by atoms with Crippen molar-refractivity contribution in [3.05, 3.63) is 251 Å². The molecule has 0 bridgehead atoms. The molecule has 0 saturated carbocycles. The molecule has 0 heterocycles. The molecule has 0 N–H and O–H groups in total. The Hall–Kier alpha value is -6.45. The summed E-state index contributed by atoms with van der Waals surface area (Å²) in [6.07, 6.45) is -3.63. The molecule has 0 radical (unpaired) electrons. The average molecular weight is 719 g/mol. The number of benzene rings is 8. The highest BCUT2D eigenvalue weighted by Gasteiger charge is 2.46. The Kier molecular flexibility index (Phi) is 8.79. The van der Waals surface area contributed by atoms with E-state index in [1.54, 1.807) is 12.1 Å². The van der Waals surface area contributed by atoms with Gasteiger partial charge < -0.3 is 0 Å². The molecule has 1 unspecified atom stereocenters. The highest BCUT2D eigenvalue weighted by molar-refractivity contribution is 5.88. The van der Waals surface area contributed by atoms with Gasteiger partial charge >= 0.3 is 6.18 Å². The first-order chi connectivity index (χ1) is 26.9. The molecule has 0 saturated heterocycles. The summed E-state index contributed by atoms with van der Waals surface area (Å²) in [6.45, 7) is 0. The molecule has 0 aliphatic heterocycles. The second kappa shape index (κ2) is 14.1. The largest absolute Gasteiger partial charge is 0.416 e. The Morgan fingerprint density at radius 3 is 1.56 bits per heavy atom. The van der Waals surface area contributed by atoms with Gasteiger partial charge in [0.2, 0.25) is 0 Å². The molecule has 1 aliphatic carbocycles. The molecular weight excluding hydrogens is 682 g/mol. The zero-order chi connectivity index (χ0) is 37.4. The first-order valence-electron chi connectivity index (χ1n) is 18.7. The van der Waals surface area contributed by atoms with E-state index in [9.17, 15) is 13.2 Å². The quantitative estimate of drug-likeness (QED) is 0.147. The number of alkyl halides is 3. The molecule has 0 fully saturated rings. The number of rotatable bonds is 8. The van der Waals surface area contributed by atoms with Crippen LogP contribution in [0.5, 0.6) is 0 Å². The first-order valence-corrected chi connectivity index (χ1v) is 18.7. The molecule has 8 aromatic rings. The Morgan fingerprint density at radius 1 is 0.418 bits per heavy atom. The van der Waals surface area contributed by atoms with E-state index in [0.29, 0.717) is 0 Å². The van der Waals surface area contributed by atoms with Crippen LogP contribution in [0.15, 0.2) is 206 Å². The highest BCUT2D eigenvalue weighted by Crippen LogP contribution is 2.57. The van der Waals surface area contributed by atoms with E-state index in [1.165, 1.54) is 44.5 Å². The fraction of sp³-hybridized carbons (Fsp3) is 0.0769. The van der Waals surface area contributed by atoms with Gasteiger partial charge in [-0.1, -0.05) is 194 Å². The summed E-state index contributed by atoms with van der Waals surface area (Å²) in [5, 5.41) is 0. The zero-order valence-corrected chi connectivity index (χ0v) is 30.0. The predicted molar refractivity (Wildman–Crippen MR) is 218 cm³/mol. The fourth-order valence-corrected chi connectivity index (χ4v) is 8.71. The van der Waals surface area contributed by atoms with Crippen molar-refractivity contribution in [1.29, 1.82) is 0 Å². The minimum atomic E-state index is -4.37. The molecule has 0 aromatic heterocycles. The Morgan fingerprint density at radius 2 is 0.927 bits per heavy atom. The van der Waals surface area contributed by atoms with Crippen molar-refractivity contribution in [1.82, 2.24) is 0 Å². The van der Waals surface area contributed by atoms with Crippen molar-refractivity contribution in [2.45, 2.75) is 23.9 Å². The van der Waals surface area contributed by atoms with Gasteiger partial charge in [-0.3, -0.25) is 0 Å². The van der Waals surface area contributed by atoms with E-state index >= 15 is 0 Å². The van der Waals surface area contributed by atoms with Crippen LogP contribution in [0.1, 0.15) is 50.4 Å². The number of hydrogen-bond donors (Lipinski definition) is 0. The maximum atomic E-state index is 13.3. The number of fused-ring (bicyclic) bond motifs is 3. The molecule has 8 aromatic carbocycles. The number of hydrogen-bond acceptors (Lipinski definition) is 0. The van der Waals surface area contributed by atoms with E-state index in [1.807, 2.05) is 18.2 Å². The third kappa shape index (κ3) is 6.16. The second-order valence-corrected chi connectivity index (χ2v) is 14.3. The fourth-order valence-electron chi connectivity index (χ4n) is 8.71. The minimum absolute atomic E-state index is 0.00701. The van der Waals surface area contributed by atoms with E-state index in [4.69, 9.17) is 0 Å². The van der Waals surface area contributed by atoms with Crippen LogP contribution in [0.2, 0.25) is 0 Å². The monoisotopic (exact) mass is 718 g/mol. The lowest BCUT2D eigenvalue weighted by Gasteiger charge is -2.34. The van der Waals surface area contributed by atoms with Crippen molar-refractivity contribution in [2.75, 3.05) is 0 Å². The van der Waals surface area contributed by atoms with Crippen LogP contribution in [0.4, 0.5) is 13.2 Å². The van der Waals surface area contributed by atoms with Gasteiger partial charge in [-0.25, -0.2) is 0 Å². The third-order valence-corrected chi connectivity index (χ3v) is 11.2. The van der Waals surface area contributed by atoms with Gasteiger partial charge in [0.1, 0.15) is 0 Å². The minimum Gasteiger partial charge on any atom is -0.166 e. The molecule has 1 aliphatic rings. The van der Waals surface area contributed by atoms with Gasteiger partial charge in [0.25, 0.3) is 0 Å². The highest BCUT2D eigenvalue weighted by atomic mass is 19.4. The summed E-state index contributed by atoms with van der Waals surface area (Å²) in [4.78, 5) is 0. The lowest BCUT2D eigenvalue weighted by atomic mass is 9.67. The van der Waals surface area contributed by atoms with E-state index < -0.39 is 17.2 Å². The summed E-state index contributed by atoms with van der Waals surface area (Å²) >= 11 is 0. The van der Waals surface area contributed by atoms with E-state index in [0.717, 1.165) is 46.4 Å². The standard InChI is InChI=1S/C52H37F3/c53-52(54,55)45-32-30-38(31-33-45)37-26-28-39(29-27-37)47(41-17-12-16-40(34-41)36-14-4-1-5-15-36)35-42-18-13-25-49-50(42)46-23-10-11-24-48(46)51(49,43-19-6-2-7-20-43)44-21-8-3-9-22-44/h1-34,47H,35H2. The normalized spacial score (nSPS) is 13.5. The van der Waals surface area contributed by atoms with Gasteiger partial charge in [-0.15, -0.1) is 0 Å². The van der Waals surface area contributed by atoms with Crippen molar-refractivity contribution in [3.8, 4) is 33.4 Å². The predicted octanol–water partition coefficient (Wildman–Crippen LogP) is 13.8. The van der Waals surface area contributed by atoms with Crippen molar-refractivity contribution >= 4 is 0 Å². The van der Waals surface area contributed by atoms with Crippen LogP contribution in [0, 0.1) is 0 Å². The lowest BCUT2D eigenvalue weighted by molar-refractivity contribution is -0.137. The van der Waals surface area contributed by atoms with E-state index in [-0.39, 0.29) is 5.92 Å². The van der Waals surface area contributed by atoms with Gasteiger partial charge in [-0.05, 0) is 90.9 Å². The Balaban J connectivity index is 1.20. The smallest absolute Gasteiger partial charge is 0.166 e. The van der Waals surface area contributed by atoms with E-state index in [2.05, 4.69) is 164 Å². The summed E-state index contributed by atoms with van der Waals surface area (Å²) in [7, 11) is 0. The van der Waals surface area contributed by atoms with Crippen LogP contribution in [0.3, 0.4) is 0 Å². The molecule has 3 heteroatoms. The average Bonchev–Trinajstić information content (AvgIpc) is 3.55. The molecule has 0 nitrogen and oxygen atoms in total. The topological polar surface area (TPSA) is 0 Å². The molecular formula is C52H37F3. The summed E-state index contributed by atoms with van der Waals surface area (Å²) in [5.41, 5.74) is 13.9. The lowest BCUT2D eigenvalue weighted by Crippen LogP contribution is -2.28. The Bertz CT molecular complexity index is 2530. The Labute approximate surface area is 320 Å². The molecule has 0 amide bonds.